The first-order valence-corrected chi connectivity index (χ1v) is 6.17. The lowest BCUT2D eigenvalue weighted by Crippen LogP contribution is -2.44. The SMILES string of the molecule is CC(C)N(C(=O)C(C)(C)C)c1ccc(C(=O)O)cn1. The molecule has 0 fully saturated rings. The molecule has 0 aliphatic heterocycles. The minimum Gasteiger partial charge on any atom is -0.478 e. The van der Waals surface area contributed by atoms with Crippen LogP contribution in [0.15, 0.2) is 18.3 Å². The molecule has 0 radical (unpaired) electrons. The monoisotopic (exact) mass is 264 g/mol. The summed E-state index contributed by atoms with van der Waals surface area (Å²) >= 11 is 0. The van der Waals surface area contributed by atoms with Gasteiger partial charge in [-0.3, -0.25) is 9.69 Å². The Balaban J connectivity index is 3.14. The summed E-state index contributed by atoms with van der Waals surface area (Å²) in [6.07, 6.45) is 1.27. The van der Waals surface area contributed by atoms with E-state index in [4.69, 9.17) is 5.11 Å². The van der Waals surface area contributed by atoms with Gasteiger partial charge < -0.3 is 5.11 Å². The Kier molecular flexibility index (Phi) is 4.29. The van der Waals surface area contributed by atoms with Crippen LogP contribution in [-0.4, -0.2) is 28.0 Å². The normalized spacial score (nSPS) is 11.5. The number of carbonyl (C=O) groups excluding carboxylic acids is 1. The van der Waals surface area contributed by atoms with Crippen LogP contribution < -0.4 is 4.90 Å². The molecule has 0 unspecified atom stereocenters. The number of amides is 1. The third-order valence-electron chi connectivity index (χ3n) is 2.62. The van der Waals surface area contributed by atoms with E-state index in [2.05, 4.69) is 4.98 Å². The fourth-order valence-corrected chi connectivity index (χ4v) is 1.62. The van der Waals surface area contributed by atoms with Crippen molar-refractivity contribution in [3.63, 3.8) is 0 Å². The van der Waals surface area contributed by atoms with Crippen LogP contribution in [0.2, 0.25) is 0 Å². The number of rotatable bonds is 3. The molecule has 5 nitrogen and oxygen atoms in total. The second kappa shape index (κ2) is 5.38. The lowest BCUT2D eigenvalue weighted by molar-refractivity contribution is -0.126. The summed E-state index contributed by atoms with van der Waals surface area (Å²) in [6.45, 7) is 9.33. The Hall–Kier alpha value is -1.91. The van der Waals surface area contributed by atoms with Crippen LogP contribution in [0.3, 0.4) is 0 Å². The molecule has 0 atom stereocenters. The van der Waals surface area contributed by atoms with E-state index in [1.165, 1.54) is 12.3 Å². The van der Waals surface area contributed by atoms with Gasteiger partial charge in [0.15, 0.2) is 0 Å². The summed E-state index contributed by atoms with van der Waals surface area (Å²) in [5, 5.41) is 8.84. The van der Waals surface area contributed by atoms with Crippen LogP contribution in [0.1, 0.15) is 45.0 Å². The Labute approximate surface area is 113 Å². The summed E-state index contributed by atoms with van der Waals surface area (Å²) in [7, 11) is 0. The Morgan fingerprint density at radius 3 is 2.16 bits per heavy atom. The number of anilines is 1. The highest BCUT2D eigenvalue weighted by atomic mass is 16.4. The zero-order chi connectivity index (χ0) is 14.8. The van der Waals surface area contributed by atoms with Gasteiger partial charge in [0.2, 0.25) is 5.91 Å². The lowest BCUT2D eigenvalue weighted by atomic mass is 9.94. The molecular formula is C14H20N2O3. The standard InChI is InChI=1S/C14H20N2O3/c1-9(2)16(13(19)14(3,4)5)11-7-6-10(8-15-11)12(17)18/h6-9H,1-5H3,(H,17,18). The van der Waals surface area contributed by atoms with Gasteiger partial charge in [-0.25, -0.2) is 9.78 Å². The second-order valence-corrected chi connectivity index (χ2v) is 5.73. The van der Waals surface area contributed by atoms with Crippen LogP contribution in [-0.2, 0) is 4.79 Å². The van der Waals surface area contributed by atoms with E-state index in [0.717, 1.165) is 0 Å². The van der Waals surface area contributed by atoms with Crippen molar-refractivity contribution in [1.82, 2.24) is 4.98 Å². The Morgan fingerprint density at radius 1 is 1.26 bits per heavy atom. The van der Waals surface area contributed by atoms with Crippen molar-refractivity contribution in [1.29, 1.82) is 0 Å². The average Bonchev–Trinajstić information content (AvgIpc) is 2.28. The molecule has 5 heteroatoms. The summed E-state index contributed by atoms with van der Waals surface area (Å²) < 4.78 is 0. The smallest absolute Gasteiger partial charge is 0.337 e. The maximum absolute atomic E-state index is 12.4. The number of hydrogen-bond acceptors (Lipinski definition) is 3. The molecule has 0 spiro atoms. The topological polar surface area (TPSA) is 70.5 Å². The maximum atomic E-state index is 12.4. The van der Waals surface area contributed by atoms with Gasteiger partial charge in [0.05, 0.1) is 5.56 Å². The van der Waals surface area contributed by atoms with Crippen LogP contribution in [0.5, 0.6) is 0 Å². The van der Waals surface area contributed by atoms with Crippen molar-refractivity contribution >= 4 is 17.7 Å². The van der Waals surface area contributed by atoms with Gasteiger partial charge in [-0.2, -0.15) is 0 Å². The van der Waals surface area contributed by atoms with Crippen LogP contribution in [0.4, 0.5) is 5.82 Å². The predicted molar refractivity (Wildman–Crippen MR) is 73.3 cm³/mol. The van der Waals surface area contributed by atoms with Gasteiger partial charge in [0.1, 0.15) is 5.82 Å². The zero-order valence-corrected chi connectivity index (χ0v) is 12.0. The molecule has 1 aromatic rings. The van der Waals surface area contributed by atoms with Gasteiger partial charge in [-0.15, -0.1) is 0 Å². The number of carboxylic acids is 1. The predicted octanol–water partition coefficient (Wildman–Crippen LogP) is 2.57. The molecule has 19 heavy (non-hydrogen) atoms. The Morgan fingerprint density at radius 2 is 1.84 bits per heavy atom. The molecule has 0 saturated carbocycles. The van der Waals surface area contributed by atoms with Gasteiger partial charge >= 0.3 is 5.97 Å². The van der Waals surface area contributed by atoms with E-state index < -0.39 is 11.4 Å². The van der Waals surface area contributed by atoms with E-state index >= 15 is 0 Å². The number of carbonyl (C=O) groups is 2. The molecule has 0 aromatic carbocycles. The summed E-state index contributed by atoms with van der Waals surface area (Å²) in [5.74, 6) is -0.602. The molecule has 0 aliphatic rings. The third-order valence-corrected chi connectivity index (χ3v) is 2.62. The molecular weight excluding hydrogens is 244 g/mol. The molecule has 0 aliphatic carbocycles. The fourth-order valence-electron chi connectivity index (χ4n) is 1.62. The van der Waals surface area contributed by atoms with E-state index in [0.29, 0.717) is 5.82 Å². The molecule has 1 aromatic heterocycles. The number of pyridine rings is 1. The van der Waals surface area contributed by atoms with Crippen LogP contribution in [0, 0.1) is 5.41 Å². The molecule has 1 heterocycles. The highest BCUT2D eigenvalue weighted by molar-refractivity contribution is 5.97. The number of aromatic nitrogens is 1. The van der Waals surface area contributed by atoms with Crippen molar-refractivity contribution in [2.75, 3.05) is 4.90 Å². The van der Waals surface area contributed by atoms with Crippen molar-refractivity contribution in [3.05, 3.63) is 23.9 Å². The lowest BCUT2D eigenvalue weighted by Gasteiger charge is -2.31. The van der Waals surface area contributed by atoms with Crippen LogP contribution >= 0.6 is 0 Å². The van der Waals surface area contributed by atoms with E-state index in [9.17, 15) is 9.59 Å². The van der Waals surface area contributed by atoms with Crippen molar-refractivity contribution in [2.24, 2.45) is 5.41 Å². The highest BCUT2D eigenvalue weighted by Gasteiger charge is 2.30. The molecule has 1 amide bonds. The number of aromatic carboxylic acids is 1. The van der Waals surface area contributed by atoms with Crippen molar-refractivity contribution in [3.8, 4) is 0 Å². The van der Waals surface area contributed by atoms with E-state index in [-0.39, 0.29) is 17.5 Å². The van der Waals surface area contributed by atoms with Gasteiger partial charge in [-0.05, 0) is 26.0 Å². The summed E-state index contributed by atoms with van der Waals surface area (Å²) in [5.41, 5.74) is -0.409. The van der Waals surface area contributed by atoms with Gasteiger partial charge in [-0.1, -0.05) is 20.8 Å². The summed E-state index contributed by atoms with van der Waals surface area (Å²) in [6, 6.07) is 2.97. The van der Waals surface area contributed by atoms with Crippen molar-refractivity contribution in [2.45, 2.75) is 40.7 Å². The van der Waals surface area contributed by atoms with Gasteiger partial charge in [0.25, 0.3) is 0 Å². The first-order chi connectivity index (χ1) is 8.64. The van der Waals surface area contributed by atoms with Gasteiger partial charge in [0, 0.05) is 17.7 Å². The average molecular weight is 264 g/mol. The number of nitrogens with zero attached hydrogens (tertiary/aromatic N) is 2. The molecule has 0 bridgehead atoms. The second-order valence-electron chi connectivity index (χ2n) is 5.73. The largest absolute Gasteiger partial charge is 0.478 e. The third kappa shape index (κ3) is 3.53. The molecule has 1 rings (SSSR count). The fraction of sp³-hybridized carbons (Fsp3) is 0.500. The number of carboxylic acid groups (broad SMARTS) is 1. The minimum absolute atomic E-state index is 0.0434. The Bertz CT molecular complexity index is 472. The quantitative estimate of drug-likeness (QED) is 0.910. The molecule has 0 saturated heterocycles. The minimum atomic E-state index is -1.03. The number of hydrogen-bond donors (Lipinski definition) is 1. The van der Waals surface area contributed by atoms with E-state index in [1.807, 2.05) is 34.6 Å². The molecule has 1 N–H and O–H groups in total. The maximum Gasteiger partial charge on any atom is 0.337 e. The summed E-state index contributed by atoms with van der Waals surface area (Å²) in [4.78, 5) is 28.9. The van der Waals surface area contributed by atoms with Crippen LogP contribution in [0.25, 0.3) is 0 Å². The molecule has 104 valence electrons. The van der Waals surface area contributed by atoms with Crippen molar-refractivity contribution < 1.29 is 14.7 Å². The van der Waals surface area contributed by atoms with E-state index in [1.54, 1.807) is 11.0 Å². The first kappa shape index (κ1) is 15.1. The highest BCUT2D eigenvalue weighted by Crippen LogP contribution is 2.24. The first-order valence-electron chi connectivity index (χ1n) is 6.17. The zero-order valence-electron chi connectivity index (χ0n) is 12.0.